The van der Waals surface area contributed by atoms with Crippen LogP contribution in [0.2, 0.25) is 0 Å². The lowest BCUT2D eigenvalue weighted by Crippen LogP contribution is -2.41. The molecule has 2 nitrogen and oxygen atoms in total. The standard InChI is InChI=1S/C40H33BN2S/c1-26-22-30(39-36(23-26)43(28-16-8-5-9-17-28)35-20-12-11-19-33(35)41-39)29-24-32-38(25-34(29)42-27-14-6-4-7-15-27)44-37-21-13-10-18-31(37)40(32,2)3/h4-25,41-42H,1-3H3. The van der Waals surface area contributed by atoms with Crippen molar-refractivity contribution in [1.29, 1.82) is 0 Å². The lowest BCUT2D eigenvalue weighted by Gasteiger charge is -2.37. The van der Waals surface area contributed by atoms with E-state index < -0.39 is 0 Å². The molecule has 0 bridgehead atoms. The van der Waals surface area contributed by atoms with Gasteiger partial charge in [-0.15, -0.1) is 0 Å². The van der Waals surface area contributed by atoms with Crippen LogP contribution in [-0.4, -0.2) is 7.28 Å². The number of nitrogens with one attached hydrogen (secondary N) is 1. The van der Waals surface area contributed by atoms with Gasteiger partial charge in [-0.25, -0.2) is 0 Å². The minimum atomic E-state index is -0.121. The number of aryl methyl sites for hydroxylation is 1. The summed E-state index contributed by atoms with van der Waals surface area (Å²) >= 11 is 1.89. The summed E-state index contributed by atoms with van der Waals surface area (Å²) < 4.78 is 0. The van der Waals surface area contributed by atoms with Crippen molar-refractivity contribution in [1.82, 2.24) is 0 Å². The van der Waals surface area contributed by atoms with E-state index in [9.17, 15) is 0 Å². The molecule has 0 aromatic heterocycles. The first-order chi connectivity index (χ1) is 21.5. The number of hydrogen-bond acceptors (Lipinski definition) is 3. The first kappa shape index (κ1) is 26.9. The van der Waals surface area contributed by atoms with Crippen molar-refractivity contribution in [3.63, 3.8) is 0 Å². The first-order valence-corrected chi connectivity index (χ1v) is 16.1. The zero-order chi connectivity index (χ0) is 29.8. The van der Waals surface area contributed by atoms with Gasteiger partial charge in [0.1, 0.15) is 0 Å². The van der Waals surface area contributed by atoms with Gasteiger partial charge in [-0.05, 0) is 89.2 Å². The van der Waals surface area contributed by atoms with Crippen LogP contribution < -0.4 is 21.1 Å². The molecule has 1 N–H and O–H groups in total. The third kappa shape index (κ3) is 4.44. The smallest absolute Gasteiger partial charge is 0.198 e. The Kier molecular flexibility index (Phi) is 6.43. The number of para-hydroxylation sites is 3. The van der Waals surface area contributed by atoms with Gasteiger partial charge < -0.3 is 10.2 Å². The van der Waals surface area contributed by atoms with Crippen LogP contribution in [0.1, 0.15) is 30.5 Å². The second-order valence-electron chi connectivity index (χ2n) is 12.4. The number of rotatable bonds is 4. The molecular weight excluding hydrogens is 551 g/mol. The number of nitrogens with zero attached hydrogens (tertiary/aromatic N) is 1. The SMILES string of the molecule is Cc1cc(-c2cc3c(cc2Nc2ccccc2)Sc2ccccc2C3(C)C)c2c(c1)N(c1ccccc1)c1ccccc1B2. The van der Waals surface area contributed by atoms with E-state index in [0.29, 0.717) is 0 Å². The molecule has 0 aliphatic carbocycles. The highest BCUT2D eigenvalue weighted by Gasteiger charge is 2.35. The fraction of sp³-hybridized carbons (Fsp3) is 0.100. The Labute approximate surface area is 265 Å². The predicted octanol–water partition coefficient (Wildman–Crippen LogP) is 9.37. The van der Waals surface area contributed by atoms with Crippen LogP contribution in [0.25, 0.3) is 11.1 Å². The van der Waals surface area contributed by atoms with Crippen LogP contribution in [0.5, 0.6) is 0 Å². The van der Waals surface area contributed by atoms with Gasteiger partial charge in [-0.1, -0.05) is 110 Å². The lowest BCUT2D eigenvalue weighted by molar-refractivity contribution is 0.608. The molecule has 0 atom stereocenters. The van der Waals surface area contributed by atoms with Crippen LogP contribution in [0, 0.1) is 6.92 Å². The first-order valence-electron chi connectivity index (χ1n) is 15.3. The summed E-state index contributed by atoms with van der Waals surface area (Å²) in [5, 5.41) is 3.83. The van der Waals surface area contributed by atoms with Gasteiger partial charge in [0.05, 0.1) is 0 Å². The average Bonchev–Trinajstić information content (AvgIpc) is 3.04. The molecule has 0 saturated carbocycles. The van der Waals surface area contributed by atoms with Gasteiger partial charge in [-0.3, -0.25) is 0 Å². The minimum Gasteiger partial charge on any atom is -0.355 e. The Morgan fingerprint density at radius 1 is 0.636 bits per heavy atom. The predicted molar refractivity (Wildman–Crippen MR) is 190 cm³/mol. The molecular formula is C40H33BN2S. The highest BCUT2D eigenvalue weighted by molar-refractivity contribution is 7.99. The van der Waals surface area contributed by atoms with Crippen molar-refractivity contribution < 1.29 is 0 Å². The molecule has 0 spiro atoms. The Bertz CT molecular complexity index is 2040. The van der Waals surface area contributed by atoms with Crippen LogP contribution in [0.3, 0.4) is 0 Å². The van der Waals surface area contributed by atoms with E-state index >= 15 is 0 Å². The Balaban J connectivity index is 1.38. The molecule has 8 rings (SSSR count). The molecule has 212 valence electrons. The molecule has 0 amide bonds. The van der Waals surface area contributed by atoms with Crippen molar-refractivity contribution in [2.45, 2.75) is 36.0 Å². The highest BCUT2D eigenvalue weighted by Crippen LogP contribution is 2.52. The van der Waals surface area contributed by atoms with Gasteiger partial charge >= 0.3 is 0 Å². The molecule has 2 heterocycles. The van der Waals surface area contributed by atoms with Crippen LogP contribution in [0.4, 0.5) is 28.4 Å². The van der Waals surface area contributed by atoms with E-state index in [4.69, 9.17) is 0 Å². The van der Waals surface area contributed by atoms with Crippen molar-refractivity contribution in [3.8, 4) is 11.1 Å². The summed E-state index contributed by atoms with van der Waals surface area (Å²) in [4.78, 5) is 5.10. The molecule has 2 aliphatic rings. The topological polar surface area (TPSA) is 15.3 Å². The summed E-state index contributed by atoms with van der Waals surface area (Å²) in [6.07, 6.45) is 0. The van der Waals surface area contributed by atoms with Gasteiger partial charge in [0, 0.05) is 49.2 Å². The summed E-state index contributed by atoms with van der Waals surface area (Å²) in [6, 6.07) is 48.7. The van der Waals surface area contributed by atoms with E-state index in [1.54, 1.807) is 0 Å². The molecule has 44 heavy (non-hydrogen) atoms. The maximum absolute atomic E-state index is 3.83. The largest absolute Gasteiger partial charge is 0.355 e. The van der Waals surface area contributed by atoms with E-state index in [-0.39, 0.29) is 5.41 Å². The fourth-order valence-electron chi connectivity index (χ4n) is 6.97. The van der Waals surface area contributed by atoms with Crippen LogP contribution in [0.15, 0.2) is 143 Å². The molecule has 6 aromatic carbocycles. The molecule has 0 fully saturated rings. The van der Waals surface area contributed by atoms with E-state index in [2.05, 4.69) is 164 Å². The van der Waals surface area contributed by atoms with Gasteiger partial charge in [0.15, 0.2) is 7.28 Å². The molecule has 0 saturated heterocycles. The Morgan fingerprint density at radius 2 is 1.34 bits per heavy atom. The number of benzene rings is 6. The summed E-state index contributed by atoms with van der Waals surface area (Å²) in [6.45, 7) is 6.97. The van der Waals surface area contributed by atoms with Crippen LogP contribution in [-0.2, 0) is 5.41 Å². The highest BCUT2D eigenvalue weighted by atomic mass is 32.2. The second-order valence-corrected chi connectivity index (χ2v) is 13.5. The summed E-state index contributed by atoms with van der Waals surface area (Å²) in [5.41, 5.74) is 15.0. The van der Waals surface area contributed by atoms with Crippen LogP contribution >= 0.6 is 11.8 Å². The van der Waals surface area contributed by atoms with Gasteiger partial charge in [0.2, 0.25) is 0 Å². The minimum absolute atomic E-state index is 0.121. The third-order valence-electron chi connectivity index (χ3n) is 9.14. The third-order valence-corrected chi connectivity index (χ3v) is 10.3. The summed E-state index contributed by atoms with van der Waals surface area (Å²) in [7, 11) is 0.882. The normalized spacial score (nSPS) is 14.0. The van der Waals surface area contributed by atoms with Crippen molar-refractivity contribution in [3.05, 3.63) is 150 Å². The molecule has 6 aromatic rings. The zero-order valence-electron chi connectivity index (χ0n) is 25.3. The quantitative estimate of drug-likeness (QED) is 0.208. The zero-order valence-corrected chi connectivity index (χ0v) is 26.1. The van der Waals surface area contributed by atoms with Crippen molar-refractivity contribution in [2.75, 3.05) is 10.2 Å². The monoisotopic (exact) mass is 584 g/mol. The molecule has 4 heteroatoms. The van der Waals surface area contributed by atoms with Gasteiger partial charge in [0.25, 0.3) is 0 Å². The van der Waals surface area contributed by atoms with Gasteiger partial charge in [-0.2, -0.15) is 0 Å². The number of hydrogen-bond donors (Lipinski definition) is 1. The molecule has 0 unspecified atom stereocenters. The maximum atomic E-state index is 3.83. The molecule has 2 aliphatic heterocycles. The number of fused-ring (bicyclic) bond motifs is 4. The average molecular weight is 585 g/mol. The molecule has 0 radical (unpaired) electrons. The second kappa shape index (κ2) is 10.5. The van der Waals surface area contributed by atoms with E-state index in [0.717, 1.165) is 18.7 Å². The summed E-state index contributed by atoms with van der Waals surface area (Å²) in [5.74, 6) is 0. The van der Waals surface area contributed by atoms with Crippen molar-refractivity contribution in [2.24, 2.45) is 0 Å². The van der Waals surface area contributed by atoms with Crippen molar-refractivity contribution >= 4 is 58.4 Å². The maximum Gasteiger partial charge on any atom is 0.198 e. The Morgan fingerprint density at radius 3 is 2.16 bits per heavy atom. The Hall–Kier alpha value is -4.67. The fourth-order valence-corrected chi connectivity index (χ4v) is 8.39. The van der Waals surface area contributed by atoms with E-state index in [1.165, 1.54) is 65.6 Å². The number of anilines is 5. The lowest BCUT2D eigenvalue weighted by atomic mass is 9.58. The van der Waals surface area contributed by atoms with E-state index in [1.807, 2.05) is 11.8 Å².